The number of carbonyl (C=O) groups is 1. The monoisotopic (exact) mass is 388 g/mol. The minimum Gasteiger partial charge on any atom is -0.427 e. The van der Waals surface area contributed by atoms with Gasteiger partial charge in [-0.05, 0) is 54.9 Å². The molecule has 0 spiro atoms. The lowest BCUT2D eigenvalue weighted by Crippen LogP contribution is -2.44. The van der Waals surface area contributed by atoms with Gasteiger partial charge >= 0.3 is 5.63 Å². The van der Waals surface area contributed by atoms with Gasteiger partial charge in [-0.3, -0.25) is 4.79 Å². The van der Waals surface area contributed by atoms with Crippen LogP contribution in [0.1, 0.15) is 52.4 Å². The summed E-state index contributed by atoms with van der Waals surface area (Å²) in [6.07, 6.45) is 1.41. The molecule has 0 radical (unpaired) electrons. The molecule has 1 N–H and O–H groups in total. The second kappa shape index (κ2) is 7.80. The number of hydrogen-bond acceptors (Lipinski definition) is 8. The molecule has 150 valence electrons. The molecule has 2 aromatic heterocycles. The van der Waals surface area contributed by atoms with E-state index in [2.05, 4.69) is 20.8 Å². The summed E-state index contributed by atoms with van der Waals surface area (Å²) in [4.78, 5) is 27.3. The molecule has 10 nitrogen and oxygen atoms in total. The van der Waals surface area contributed by atoms with Crippen LogP contribution in [0.25, 0.3) is 0 Å². The first kappa shape index (κ1) is 18.8. The molecule has 2 saturated heterocycles. The zero-order chi connectivity index (χ0) is 19.7. The molecule has 0 aliphatic carbocycles. The lowest BCUT2D eigenvalue weighted by molar-refractivity contribution is -0.0285. The fourth-order valence-corrected chi connectivity index (χ4v) is 3.85. The van der Waals surface area contributed by atoms with Gasteiger partial charge in [-0.25, -0.2) is 9.48 Å². The van der Waals surface area contributed by atoms with Crippen molar-refractivity contribution in [2.75, 3.05) is 32.8 Å². The van der Waals surface area contributed by atoms with Gasteiger partial charge in [-0.2, -0.15) is 0 Å². The molecule has 0 saturated carbocycles. The normalized spacial score (nSPS) is 21.1. The van der Waals surface area contributed by atoms with Crippen molar-refractivity contribution >= 4 is 5.91 Å². The SMILES string of the molecule is Cc1cc(C2CCNCC2)oc(=O)c1C(=O)N1CCOC(c2nnnn2C)C1. The Morgan fingerprint density at radius 2 is 2.11 bits per heavy atom. The van der Waals surface area contributed by atoms with Crippen LogP contribution in [-0.2, 0) is 11.8 Å². The van der Waals surface area contributed by atoms with Crippen LogP contribution in [-0.4, -0.2) is 63.8 Å². The molecule has 1 unspecified atom stereocenters. The van der Waals surface area contributed by atoms with E-state index in [9.17, 15) is 9.59 Å². The smallest absolute Gasteiger partial charge is 0.349 e. The zero-order valence-corrected chi connectivity index (χ0v) is 16.1. The first-order chi connectivity index (χ1) is 13.5. The molecule has 1 atom stereocenters. The fourth-order valence-electron chi connectivity index (χ4n) is 3.85. The van der Waals surface area contributed by atoms with E-state index in [0.717, 1.165) is 25.9 Å². The third kappa shape index (κ3) is 3.57. The molecule has 2 aliphatic rings. The largest absolute Gasteiger partial charge is 0.427 e. The standard InChI is InChI=1S/C18H24N6O4/c1-11-9-13(12-3-5-19-6-4-12)28-18(26)15(11)17(25)24-7-8-27-14(10-24)16-20-21-22-23(16)2/h9,12,14,19H,3-8,10H2,1-2H3. The Morgan fingerprint density at radius 1 is 1.32 bits per heavy atom. The van der Waals surface area contributed by atoms with E-state index >= 15 is 0 Å². The average molecular weight is 388 g/mol. The van der Waals surface area contributed by atoms with E-state index < -0.39 is 11.7 Å². The third-order valence-electron chi connectivity index (χ3n) is 5.42. The lowest BCUT2D eigenvalue weighted by Gasteiger charge is -2.32. The van der Waals surface area contributed by atoms with Crippen molar-refractivity contribution in [2.24, 2.45) is 7.05 Å². The molecule has 4 heterocycles. The lowest BCUT2D eigenvalue weighted by atomic mass is 9.94. The number of aromatic nitrogens is 4. The highest BCUT2D eigenvalue weighted by atomic mass is 16.5. The first-order valence-electron chi connectivity index (χ1n) is 9.53. The molecular weight excluding hydrogens is 364 g/mol. The Balaban J connectivity index is 1.55. The predicted octanol–water partition coefficient (Wildman–Crippen LogP) is 0.152. The summed E-state index contributed by atoms with van der Waals surface area (Å²) in [5, 5.41) is 14.7. The minimum atomic E-state index is -0.568. The van der Waals surface area contributed by atoms with Crippen LogP contribution in [0.5, 0.6) is 0 Å². The van der Waals surface area contributed by atoms with Crippen molar-refractivity contribution < 1.29 is 13.9 Å². The molecule has 2 aromatic rings. The van der Waals surface area contributed by atoms with E-state index in [1.807, 2.05) is 6.07 Å². The Bertz CT molecular complexity index is 917. The number of tetrazole rings is 1. The van der Waals surface area contributed by atoms with Gasteiger partial charge in [-0.1, -0.05) is 0 Å². The zero-order valence-electron chi connectivity index (χ0n) is 16.1. The number of carbonyl (C=O) groups excluding carboxylic acids is 1. The van der Waals surface area contributed by atoms with Crippen molar-refractivity contribution in [3.8, 4) is 0 Å². The highest BCUT2D eigenvalue weighted by molar-refractivity contribution is 5.95. The number of ether oxygens (including phenoxy) is 1. The van der Waals surface area contributed by atoms with E-state index in [1.54, 1.807) is 18.9 Å². The number of aryl methyl sites for hydroxylation is 2. The van der Waals surface area contributed by atoms with Gasteiger partial charge < -0.3 is 19.4 Å². The van der Waals surface area contributed by atoms with Crippen LogP contribution in [0.15, 0.2) is 15.3 Å². The maximum absolute atomic E-state index is 13.1. The van der Waals surface area contributed by atoms with E-state index in [4.69, 9.17) is 9.15 Å². The Kier molecular flexibility index (Phi) is 5.23. The second-order valence-corrected chi connectivity index (χ2v) is 7.29. The molecule has 28 heavy (non-hydrogen) atoms. The van der Waals surface area contributed by atoms with E-state index in [0.29, 0.717) is 30.3 Å². The number of hydrogen-bond donors (Lipinski definition) is 1. The Hall–Kier alpha value is -2.59. The average Bonchev–Trinajstić information content (AvgIpc) is 3.14. The van der Waals surface area contributed by atoms with Crippen molar-refractivity contribution in [2.45, 2.75) is 31.8 Å². The molecule has 10 heteroatoms. The summed E-state index contributed by atoms with van der Waals surface area (Å²) in [5.74, 6) is 1.09. The number of piperidine rings is 1. The summed E-state index contributed by atoms with van der Waals surface area (Å²) >= 11 is 0. The van der Waals surface area contributed by atoms with Gasteiger partial charge in [0.15, 0.2) is 5.82 Å². The van der Waals surface area contributed by atoms with Crippen molar-refractivity contribution in [1.82, 2.24) is 30.4 Å². The molecule has 1 amide bonds. The molecule has 4 rings (SSSR count). The fraction of sp³-hybridized carbons (Fsp3) is 0.611. The number of amides is 1. The van der Waals surface area contributed by atoms with E-state index in [1.165, 1.54) is 4.68 Å². The minimum absolute atomic E-state index is 0.0921. The summed E-state index contributed by atoms with van der Waals surface area (Å²) in [6.45, 7) is 4.62. The van der Waals surface area contributed by atoms with Gasteiger partial charge in [0, 0.05) is 19.5 Å². The third-order valence-corrected chi connectivity index (χ3v) is 5.42. The van der Waals surface area contributed by atoms with Crippen molar-refractivity contribution in [3.05, 3.63) is 39.2 Å². The summed E-state index contributed by atoms with van der Waals surface area (Å²) in [6, 6.07) is 1.84. The number of nitrogens with zero attached hydrogens (tertiary/aromatic N) is 5. The molecule has 0 aromatic carbocycles. The van der Waals surface area contributed by atoms with Crippen LogP contribution in [0.3, 0.4) is 0 Å². The number of rotatable bonds is 3. The van der Waals surface area contributed by atoms with Crippen LogP contribution < -0.4 is 10.9 Å². The maximum Gasteiger partial charge on any atom is 0.349 e. The summed E-state index contributed by atoms with van der Waals surface area (Å²) in [7, 11) is 1.72. The van der Waals surface area contributed by atoms with Gasteiger partial charge in [0.2, 0.25) is 0 Å². The first-order valence-corrected chi connectivity index (χ1v) is 9.53. The predicted molar refractivity (Wildman–Crippen MR) is 98.0 cm³/mol. The van der Waals surface area contributed by atoms with Crippen LogP contribution >= 0.6 is 0 Å². The van der Waals surface area contributed by atoms with Gasteiger partial charge in [0.1, 0.15) is 17.4 Å². The number of nitrogens with one attached hydrogen (secondary N) is 1. The summed E-state index contributed by atoms with van der Waals surface area (Å²) < 4.78 is 12.8. The second-order valence-electron chi connectivity index (χ2n) is 7.29. The highest BCUT2D eigenvalue weighted by Gasteiger charge is 2.32. The highest BCUT2D eigenvalue weighted by Crippen LogP contribution is 2.26. The molecular formula is C18H24N6O4. The molecule has 2 fully saturated rings. The Labute approximate surface area is 161 Å². The topological polar surface area (TPSA) is 115 Å². The molecule has 2 aliphatic heterocycles. The number of morpholine rings is 1. The van der Waals surface area contributed by atoms with Crippen LogP contribution in [0.4, 0.5) is 0 Å². The van der Waals surface area contributed by atoms with Gasteiger partial charge in [-0.15, -0.1) is 5.10 Å². The Morgan fingerprint density at radius 3 is 2.79 bits per heavy atom. The van der Waals surface area contributed by atoms with Crippen molar-refractivity contribution in [1.29, 1.82) is 0 Å². The van der Waals surface area contributed by atoms with Crippen molar-refractivity contribution in [3.63, 3.8) is 0 Å². The quantitative estimate of drug-likeness (QED) is 0.790. The van der Waals surface area contributed by atoms with E-state index in [-0.39, 0.29) is 23.9 Å². The summed E-state index contributed by atoms with van der Waals surface area (Å²) in [5.41, 5.74) is 0.175. The van der Waals surface area contributed by atoms with Crippen LogP contribution in [0.2, 0.25) is 0 Å². The maximum atomic E-state index is 13.1. The van der Waals surface area contributed by atoms with Gasteiger partial charge in [0.25, 0.3) is 5.91 Å². The van der Waals surface area contributed by atoms with Crippen LogP contribution in [0, 0.1) is 6.92 Å². The van der Waals surface area contributed by atoms with Gasteiger partial charge in [0.05, 0.1) is 13.2 Å². The molecule has 0 bridgehead atoms.